The lowest BCUT2D eigenvalue weighted by molar-refractivity contribution is -0.188. The molecule has 0 aromatic carbocycles. The predicted octanol–water partition coefficient (Wildman–Crippen LogP) is 2.48. The summed E-state index contributed by atoms with van der Waals surface area (Å²) in [4.78, 5) is 11.9. The van der Waals surface area contributed by atoms with Crippen molar-refractivity contribution < 1.29 is 23.4 Å². The predicted molar refractivity (Wildman–Crippen MR) is 81.3 cm³/mol. The average Bonchev–Trinajstić information content (AvgIpc) is 2.39. The maximum absolute atomic E-state index is 11.9. The first kappa shape index (κ1) is 16.7. The number of hydrogen-bond acceptors (Lipinski definition) is 5. The summed E-state index contributed by atoms with van der Waals surface area (Å²) < 4.78 is 22.8. The SMILES string of the molecule is CCOC(=O)C[C@H]1C[Si](C)(C)O[C@H]2C=C[C@@H](OCC)O[C@H]12. The number of carbonyl (C=O) groups is 1. The highest BCUT2D eigenvalue weighted by Crippen LogP contribution is 2.38. The fraction of sp³-hybridized carbons (Fsp3) is 0.800. The molecule has 0 unspecified atom stereocenters. The van der Waals surface area contributed by atoms with Crippen LogP contribution in [0.25, 0.3) is 0 Å². The molecule has 0 N–H and O–H groups in total. The molecule has 1 fully saturated rings. The molecule has 2 aliphatic rings. The summed E-state index contributed by atoms with van der Waals surface area (Å²) in [5.41, 5.74) is 0. The Labute approximate surface area is 127 Å². The van der Waals surface area contributed by atoms with Crippen LogP contribution in [-0.4, -0.2) is 46.0 Å². The molecule has 21 heavy (non-hydrogen) atoms. The van der Waals surface area contributed by atoms with Crippen molar-refractivity contribution in [1.82, 2.24) is 0 Å². The van der Waals surface area contributed by atoms with E-state index in [0.717, 1.165) is 6.04 Å². The topological polar surface area (TPSA) is 54.0 Å². The van der Waals surface area contributed by atoms with Crippen molar-refractivity contribution in [1.29, 1.82) is 0 Å². The molecule has 0 amide bonds. The lowest BCUT2D eigenvalue weighted by Crippen LogP contribution is -2.55. The van der Waals surface area contributed by atoms with E-state index in [1.54, 1.807) is 0 Å². The fourth-order valence-corrected chi connectivity index (χ4v) is 5.80. The second-order valence-electron chi connectivity index (χ2n) is 6.12. The number of hydrogen-bond donors (Lipinski definition) is 0. The maximum Gasteiger partial charge on any atom is 0.306 e. The van der Waals surface area contributed by atoms with Crippen molar-refractivity contribution in [3.8, 4) is 0 Å². The van der Waals surface area contributed by atoms with Crippen molar-refractivity contribution in [3.05, 3.63) is 12.2 Å². The molecule has 2 heterocycles. The highest BCUT2D eigenvalue weighted by molar-refractivity contribution is 6.71. The molecule has 2 aliphatic heterocycles. The normalized spacial score (nSPS) is 34.3. The van der Waals surface area contributed by atoms with Gasteiger partial charge in [0, 0.05) is 6.61 Å². The van der Waals surface area contributed by atoms with Crippen LogP contribution in [0, 0.1) is 5.92 Å². The van der Waals surface area contributed by atoms with Crippen LogP contribution >= 0.6 is 0 Å². The van der Waals surface area contributed by atoms with Crippen molar-refractivity contribution in [3.63, 3.8) is 0 Å². The van der Waals surface area contributed by atoms with Crippen LogP contribution in [0.3, 0.4) is 0 Å². The number of esters is 1. The van der Waals surface area contributed by atoms with Crippen molar-refractivity contribution >= 4 is 14.3 Å². The number of ether oxygens (including phenoxy) is 3. The summed E-state index contributed by atoms with van der Waals surface area (Å²) in [5, 5.41) is 0. The van der Waals surface area contributed by atoms with Gasteiger partial charge in [-0.3, -0.25) is 4.79 Å². The van der Waals surface area contributed by atoms with Gasteiger partial charge in [0.15, 0.2) is 14.6 Å². The third-order valence-corrected chi connectivity index (χ3v) is 6.23. The quantitative estimate of drug-likeness (QED) is 0.443. The summed E-state index contributed by atoms with van der Waals surface area (Å²) in [6.45, 7) is 9.14. The zero-order chi connectivity index (χ0) is 15.5. The van der Waals surface area contributed by atoms with E-state index >= 15 is 0 Å². The average molecular weight is 314 g/mol. The Morgan fingerprint density at radius 3 is 2.71 bits per heavy atom. The van der Waals surface area contributed by atoms with Gasteiger partial charge in [0.2, 0.25) is 0 Å². The lowest BCUT2D eigenvalue weighted by atomic mass is 9.94. The molecule has 0 radical (unpaired) electrons. The molecule has 4 atom stereocenters. The second kappa shape index (κ2) is 7.04. The standard InChI is InChI=1S/C15H26O5Si/c1-5-17-13(16)9-11-10-21(3,4)20-12-7-8-14(18-6-2)19-15(11)12/h7-8,11-12,14-15H,5-6,9-10H2,1-4H3/t11-,12-,14-,15+/m0/s1. The molecule has 1 saturated heterocycles. The molecule has 2 rings (SSSR count). The van der Waals surface area contributed by atoms with Crippen molar-refractivity contribution in [2.24, 2.45) is 5.92 Å². The Balaban J connectivity index is 2.09. The first-order valence-electron chi connectivity index (χ1n) is 7.74. The Hall–Kier alpha value is -0.693. The molecular weight excluding hydrogens is 288 g/mol. The molecule has 0 spiro atoms. The smallest absolute Gasteiger partial charge is 0.306 e. The van der Waals surface area contributed by atoms with Gasteiger partial charge in [-0.1, -0.05) is 6.08 Å². The molecule has 0 saturated carbocycles. The van der Waals surface area contributed by atoms with E-state index in [2.05, 4.69) is 13.1 Å². The van der Waals surface area contributed by atoms with Gasteiger partial charge < -0.3 is 18.6 Å². The highest BCUT2D eigenvalue weighted by Gasteiger charge is 2.46. The van der Waals surface area contributed by atoms with Gasteiger partial charge in [0.05, 0.1) is 25.2 Å². The van der Waals surface area contributed by atoms with E-state index in [1.807, 2.05) is 26.0 Å². The van der Waals surface area contributed by atoms with Crippen LogP contribution in [0.5, 0.6) is 0 Å². The molecule has 0 aliphatic carbocycles. The van der Waals surface area contributed by atoms with E-state index in [4.69, 9.17) is 18.6 Å². The summed E-state index contributed by atoms with van der Waals surface area (Å²) in [6.07, 6.45) is 3.78. The zero-order valence-corrected chi connectivity index (χ0v) is 14.3. The van der Waals surface area contributed by atoms with Gasteiger partial charge in [-0.25, -0.2) is 0 Å². The number of fused-ring (bicyclic) bond motifs is 1. The van der Waals surface area contributed by atoms with Gasteiger partial charge in [-0.05, 0) is 45.0 Å². The Morgan fingerprint density at radius 1 is 1.29 bits per heavy atom. The van der Waals surface area contributed by atoms with E-state index in [1.165, 1.54) is 0 Å². The summed E-state index contributed by atoms with van der Waals surface area (Å²) in [7, 11) is -1.77. The van der Waals surface area contributed by atoms with Gasteiger partial charge in [0.1, 0.15) is 0 Å². The number of carbonyl (C=O) groups excluding carboxylic acids is 1. The van der Waals surface area contributed by atoms with Crippen LogP contribution in [-0.2, 0) is 23.4 Å². The molecule has 0 aromatic rings. The molecular formula is C15H26O5Si. The van der Waals surface area contributed by atoms with Crippen LogP contribution in [0.1, 0.15) is 20.3 Å². The van der Waals surface area contributed by atoms with E-state index in [9.17, 15) is 4.79 Å². The first-order valence-corrected chi connectivity index (χ1v) is 10.9. The molecule has 5 nitrogen and oxygen atoms in total. The minimum atomic E-state index is -1.77. The third kappa shape index (κ3) is 4.39. The van der Waals surface area contributed by atoms with E-state index < -0.39 is 8.32 Å². The van der Waals surface area contributed by atoms with E-state index in [0.29, 0.717) is 19.6 Å². The Bertz CT molecular complexity index is 396. The summed E-state index contributed by atoms with van der Waals surface area (Å²) >= 11 is 0. The third-order valence-electron chi connectivity index (χ3n) is 3.81. The van der Waals surface area contributed by atoms with Gasteiger partial charge in [-0.15, -0.1) is 0 Å². The van der Waals surface area contributed by atoms with Gasteiger partial charge >= 0.3 is 5.97 Å². The maximum atomic E-state index is 11.9. The Kier molecular flexibility index (Phi) is 5.59. The first-order chi connectivity index (χ1) is 9.95. The minimum absolute atomic E-state index is 0.0726. The minimum Gasteiger partial charge on any atom is -0.466 e. The second-order valence-corrected chi connectivity index (χ2v) is 10.3. The highest BCUT2D eigenvalue weighted by atomic mass is 28.4. The number of rotatable bonds is 5. The van der Waals surface area contributed by atoms with Crippen molar-refractivity contribution in [2.45, 2.75) is 57.9 Å². The van der Waals surface area contributed by atoms with Crippen LogP contribution < -0.4 is 0 Å². The van der Waals surface area contributed by atoms with E-state index in [-0.39, 0.29) is 30.4 Å². The van der Waals surface area contributed by atoms with Gasteiger partial charge in [-0.2, -0.15) is 0 Å². The molecule has 0 bridgehead atoms. The van der Waals surface area contributed by atoms with Gasteiger partial charge in [0.25, 0.3) is 0 Å². The zero-order valence-electron chi connectivity index (χ0n) is 13.3. The summed E-state index contributed by atoms with van der Waals surface area (Å²) in [5.74, 6) is -0.0172. The van der Waals surface area contributed by atoms with Crippen LogP contribution in [0.4, 0.5) is 0 Å². The van der Waals surface area contributed by atoms with Crippen LogP contribution in [0.2, 0.25) is 19.1 Å². The fourth-order valence-electron chi connectivity index (χ4n) is 3.12. The molecule has 0 aromatic heterocycles. The Morgan fingerprint density at radius 2 is 2.05 bits per heavy atom. The monoisotopic (exact) mass is 314 g/mol. The largest absolute Gasteiger partial charge is 0.466 e. The lowest BCUT2D eigenvalue weighted by Gasteiger charge is -2.46. The van der Waals surface area contributed by atoms with Crippen LogP contribution in [0.15, 0.2) is 12.2 Å². The summed E-state index contributed by atoms with van der Waals surface area (Å²) in [6, 6.07) is 0.902. The molecule has 6 heteroatoms. The molecule has 120 valence electrons. The van der Waals surface area contributed by atoms with Crippen molar-refractivity contribution in [2.75, 3.05) is 13.2 Å².